The molecule has 124 valence electrons. The second-order valence-corrected chi connectivity index (χ2v) is 5.67. The molecule has 0 atom stereocenters. The van der Waals surface area contributed by atoms with Gasteiger partial charge in [0.05, 0.1) is 18.5 Å². The molecule has 0 aliphatic carbocycles. The molecule has 2 rings (SSSR count). The van der Waals surface area contributed by atoms with E-state index in [9.17, 15) is 0 Å². The lowest BCUT2D eigenvalue weighted by Crippen LogP contribution is -2.06. The summed E-state index contributed by atoms with van der Waals surface area (Å²) in [7, 11) is 0. The Morgan fingerprint density at radius 1 is 1.04 bits per heavy atom. The lowest BCUT2D eigenvalue weighted by molar-refractivity contribution is 0.140. The number of nitriles is 1. The van der Waals surface area contributed by atoms with Crippen molar-refractivity contribution in [2.24, 2.45) is 5.16 Å². The number of benzene rings is 1. The summed E-state index contributed by atoms with van der Waals surface area (Å²) in [5.41, 5.74) is 2.44. The zero-order valence-corrected chi connectivity index (χ0v) is 14.1. The first-order chi connectivity index (χ1) is 11.8. The van der Waals surface area contributed by atoms with Crippen LogP contribution in [0.15, 0.2) is 47.9 Å². The van der Waals surface area contributed by atoms with Gasteiger partial charge in [-0.15, -0.1) is 0 Å². The van der Waals surface area contributed by atoms with Crippen molar-refractivity contribution in [1.29, 1.82) is 5.26 Å². The standard InChI is InChI=1S/C18H19ClN4O/c19-17-8-6-15(7-9-17)18(16-10-12-21-22-14-16)23-24-13-5-3-1-2-4-11-20/h6-10,12,14H,1-5,13H2/b23-18-. The van der Waals surface area contributed by atoms with Crippen LogP contribution in [0.4, 0.5) is 0 Å². The summed E-state index contributed by atoms with van der Waals surface area (Å²) in [6.45, 7) is 0.544. The monoisotopic (exact) mass is 342 g/mol. The number of hydrogen-bond donors (Lipinski definition) is 0. The first kappa shape index (κ1) is 17.9. The van der Waals surface area contributed by atoms with Gasteiger partial charge in [0.15, 0.2) is 0 Å². The van der Waals surface area contributed by atoms with Gasteiger partial charge in [0.2, 0.25) is 0 Å². The first-order valence-corrected chi connectivity index (χ1v) is 8.29. The van der Waals surface area contributed by atoms with Crippen LogP contribution >= 0.6 is 11.6 Å². The highest BCUT2D eigenvalue weighted by molar-refractivity contribution is 6.30. The molecule has 6 heteroatoms. The van der Waals surface area contributed by atoms with Gasteiger partial charge >= 0.3 is 0 Å². The summed E-state index contributed by atoms with van der Waals surface area (Å²) in [5.74, 6) is 0. The highest BCUT2D eigenvalue weighted by Crippen LogP contribution is 2.14. The van der Waals surface area contributed by atoms with Gasteiger partial charge in [-0.1, -0.05) is 35.3 Å². The Balaban J connectivity index is 1.96. The van der Waals surface area contributed by atoms with Crippen molar-refractivity contribution < 1.29 is 4.84 Å². The van der Waals surface area contributed by atoms with E-state index in [0.29, 0.717) is 23.8 Å². The van der Waals surface area contributed by atoms with Crippen LogP contribution in [-0.2, 0) is 4.84 Å². The number of aromatic nitrogens is 2. The summed E-state index contributed by atoms with van der Waals surface area (Å²) in [5, 5.41) is 21.1. The zero-order chi connectivity index (χ0) is 17.0. The molecule has 0 saturated heterocycles. The van der Waals surface area contributed by atoms with Crippen molar-refractivity contribution in [3.8, 4) is 6.07 Å². The molecule has 0 fully saturated rings. The number of rotatable bonds is 9. The van der Waals surface area contributed by atoms with Crippen molar-refractivity contribution in [1.82, 2.24) is 10.2 Å². The Morgan fingerprint density at radius 3 is 2.54 bits per heavy atom. The third kappa shape index (κ3) is 5.98. The number of halogens is 1. The van der Waals surface area contributed by atoms with Gasteiger partial charge in [0.1, 0.15) is 12.3 Å². The second kappa shape index (κ2) is 10.3. The van der Waals surface area contributed by atoms with E-state index in [-0.39, 0.29) is 0 Å². The van der Waals surface area contributed by atoms with Gasteiger partial charge < -0.3 is 4.84 Å². The molecular formula is C18H19ClN4O. The van der Waals surface area contributed by atoms with Gasteiger partial charge in [-0.25, -0.2) is 0 Å². The van der Waals surface area contributed by atoms with Gasteiger partial charge in [0.25, 0.3) is 0 Å². The van der Waals surface area contributed by atoms with E-state index in [1.54, 1.807) is 12.4 Å². The molecule has 0 spiro atoms. The van der Waals surface area contributed by atoms with E-state index in [1.807, 2.05) is 30.3 Å². The second-order valence-electron chi connectivity index (χ2n) is 5.23. The Labute approximate surface area is 146 Å². The van der Waals surface area contributed by atoms with Crippen molar-refractivity contribution in [2.45, 2.75) is 32.1 Å². The van der Waals surface area contributed by atoms with Crippen molar-refractivity contribution in [2.75, 3.05) is 6.61 Å². The molecule has 0 aliphatic heterocycles. The average molecular weight is 343 g/mol. The average Bonchev–Trinajstić information content (AvgIpc) is 2.62. The molecule has 0 unspecified atom stereocenters. The van der Waals surface area contributed by atoms with Crippen LogP contribution in [0.2, 0.25) is 5.02 Å². The molecule has 0 N–H and O–H groups in total. The van der Waals surface area contributed by atoms with Gasteiger partial charge in [-0.3, -0.25) is 0 Å². The maximum atomic E-state index is 8.49. The van der Waals surface area contributed by atoms with Crippen molar-refractivity contribution >= 4 is 17.3 Å². The molecule has 1 aromatic heterocycles. The number of oxime groups is 1. The molecule has 0 amide bonds. The summed E-state index contributed by atoms with van der Waals surface area (Å²) >= 11 is 5.95. The lowest BCUT2D eigenvalue weighted by Gasteiger charge is -2.07. The van der Waals surface area contributed by atoms with Crippen molar-refractivity contribution in [3.63, 3.8) is 0 Å². The van der Waals surface area contributed by atoms with Crippen LogP contribution in [-0.4, -0.2) is 22.5 Å². The number of unbranched alkanes of at least 4 members (excludes halogenated alkanes) is 4. The van der Waals surface area contributed by atoms with E-state index in [4.69, 9.17) is 21.7 Å². The minimum atomic E-state index is 0.544. The third-order valence-corrected chi connectivity index (χ3v) is 3.66. The van der Waals surface area contributed by atoms with Crippen LogP contribution in [0.25, 0.3) is 0 Å². The third-order valence-electron chi connectivity index (χ3n) is 3.41. The molecule has 0 aliphatic rings. The van der Waals surface area contributed by atoms with E-state index >= 15 is 0 Å². The van der Waals surface area contributed by atoms with Gasteiger partial charge in [-0.2, -0.15) is 15.5 Å². The molecule has 24 heavy (non-hydrogen) atoms. The molecule has 1 aromatic carbocycles. The van der Waals surface area contributed by atoms with Gasteiger partial charge in [-0.05, 0) is 37.5 Å². The Kier molecular flexibility index (Phi) is 7.72. The summed E-state index contributed by atoms with van der Waals surface area (Å²) in [6, 6.07) is 11.4. The molecule has 0 saturated carbocycles. The van der Waals surface area contributed by atoms with Crippen LogP contribution < -0.4 is 0 Å². The fraction of sp³-hybridized carbons (Fsp3) is 0.333. The maximum Gasteiger partial charge on any atom is 0.118 e. The molecule has 0 bridgehead atoms. The summed E-state index contributed by atoms with van der Waals surface area (Å²) in [4.78, 5) is 5.48. The highest BCUT2D eigenvalue weighted by atomic mass is 35.5. The normalized spacial score (nSPS) is 11.1. The van der Waals surface area contributed by atoms with Crippen LogP contribution in [0.5, 0.6) is 0 Å². The van der Waals surface area contributed by atoms with Crippen LogP contribution in [0.3, 0.4) is 0 Å². The predicted molar refractivity (Wildman–Crippen MR) is 93.8 cm³/mol. The first-order valence-electron chi connectivity index (χ1n) is 7.91. The van der Waals surface area contributed by atoms with E-state index in [1.165, 1.54) is 0 Å². The fourth-order valence-corrected chi connectivity index (χ4v) is 2.27. The van der Waals surface area contributed by atoms with E-state index in [2.05, 4.69) is 21.4 Å². The van der Waals surface area contributed by atoms with E-state index < -0.39 is 0 Å². The quantitative estimate of drug-likeness (QED) is 0.385. The minimum Gasteiger partial charge on any atom is -0.395 e. The minimum absolute atomic E-state index is 0.544. The molecule has 1 heterocycles. The Bertz CT molecular complexity index is 680. The Morgan fingerprint density at radius 2 is 1.83 bits per heavy atom. The van der Waals surface area contributed by atoms with Gasteiger partial charge in [0, 0.05) is 22.6 Å². The van der Waals surface area contributed by atoms with E-state index in [0.717, 1.165) is 36.8 Å². The zero-order valence-electron chi connectivity index (χ0n) is 13.4. The SMILES string of the molecule is N#CCCCCCCO/N=C(/c1ccc(Cl)cc1)c1ccnnc1. The highest BCUT2D eigenvalue weighted by Gasteiger charge is 2.08. The fourth-order valence-electron chi connectivity index (χ4n) is 2.15. The smallest absolute Gasteiger partial charge is 0.118 e. The molecule has 0 radical (unpaired) electrons. The largest absolute Gasteiger partial charge is 0.395 e. The van der Waals surface area contributed by atoms with Crippen molar-refractivity contribution in [3.05, 3.63) is 58.9 Å². The summed E-state index contributed by atoms with van der Waals surface area (Å²) in [6.07, 6.45) is 7.82. The van der Waals surface area contributed by atoms with Crippen LogP contribution in [0.1, 0.15) is 43.2 Å². The maximum absolute atomic E-state index is 8.49. The number of nitrogens with zero attached hydrogens (tertiary/aromatic N) is 4. The number of hydrogen-bond acceptors (Lipinski definition) is 5. The lowest BCUT2D eigenvalue weighted by atomic mass is 10.1. The summed E-state index contributed by atoms with van der Waals surface area (Å²) < 4.78 is 0. The predicted octanol–water partition coefficient (Wildman–Crippen LogP) is 4.37. The molecular weight excluding hydrogens is 324 g/mol. The van der Waals surface area contributed by atoms with Crippen LogP contribution in [0, 0.1) is 11.3 Å². The molecule has 5 nitrogen and oxygen atoms in total. The topological polar surface area (TPSA) is 71.2 Å². The molecule has 2 aromatic rings. The Hall–Kier alpha value is -2.45.